The van der Waals surface area contributed by atoms with Crippen LogP contribution in [0.25, 0.3) is 0 Å². The summed E-state index contributed by atoms with van der Waals surface area (Å²) in [5, 5.41) is 5.39. The van der Waals surface area contributed by atoms with E-state index < -0.39 is 0 Å². The first-order valence-corrected chi connectivity index (χ1v) is 5.15. The zero-order chi connectivity index (χ0) is 12.0. The molecule has 0 aliphatic rings. The van der Waals surface area contributed by atoms with E-state index in [2.05, 4.69) is 10.6 Å². The number of carbonyl (C=O) groups is 1. The van der Waals surface area contributed by atoms with Crippen molar-refractivity contribution in [1.29, 1.82) is 0 Å². The number of hydrogen-bond acceptors (Lipinski definition) is 3. The predicted molar refractivity (Wildman–Crippen MR) is 64.7 cm³/mol. The lowest BCUT2D eigenvalue weighted by Gasteiger charge is -2.09. The molecule has 88 valence electrons. The van der Waals surface area contributed by atoms with E-state index in [1.165, 1.54) is 0 Å². The zero-order valence-corrected chi connectivity index (χ0v) is 9.54. The van der Waals surface area contributed by atoms with Crippen LogP contribution in [0.4, 0.5) is 16.2 Å². The molecule has 0 spiro atoms. The molecule has 0 aliphatic heterocycles. The Morgan fingerprint density at radius 1 is 1.50 bits per heavy atom. The Morgan fingerprint density at radius 3 is 2.81 bits per heavy atom. The molecule has 2 amide bonds. The fourth-order valence-corrected chi connectivity index (χ4v) is 1.23. The average molecular weight is 223 g/mol. The van der Waals surface area contributed by atoms with Crippen LogP contribution in [0.3, 0.4) is 0 Å². The number of methoxy groups -OCH3 is 1. The van der Waals surface area contributed by atoms with Crippen molar-refractivity contribution in [1.82, 2.24) is 5.32 Å². The van der Waals surface area contributed by atoms with Crippen LogP contribution in [0.1, 0.15) is 13.3 Å². The van der Waals surface area contributed by atoms with E-state index in [1.807, 2.05) is 6.92 Å². The van der Waals surface area contributed by atoms with E-state index >= 15 is 0 Å². The fraction of sp³-hybridized carbons (Fsp3) is 0.364. The first-order valence-electron chi connectivity index (χ1n) is 5.15. The van der Waals surface area contributed by atoms with Gasteiger partial charge < -0.3 is 21.1 Å². The van der Waals surface area contributed by atoms with Crippen molar-refractivity contribution in [3.8, 4) is 5.75 Å². The Kier molecular flexibility index (Phi) is 4.44. The van der Waals surface area contributed by atoms with Gasteiger partial charge in [-0.2, -0.15) is 0 Å². The SMILES string of the molecule is CCCNC(=O)Nc1ccc(OC)c(N)c1. The van der Waals surface area contributed by atoms with Gasteiger partial charge in [-0.05, 0) is 24.6 Å². The number of nitrogens with one attached hydrogen (secondary N) is 2. The second kappa shape index (κ2) is 5.85. The number of rotatable bonds is 4. The van der Waals surface area contributed by atoms with Gasteiger partial charge in [-0.3, -0.25) is 0 Å². The Balaban J connectivity index is 2.61. The maximum Gasteiger partial charge on any atom is 0.319 e. The van der Waals surface area contributed by atoms with E-state index in [1.54, 1.807) is 25.3 Å². The zero-order valence-electron chi connectivity index (χ0n) is 9.54. The number of nitrogens with two attached hydrogens (primary N) is 1. The number of ether oxygens (including phenoxy) is 1. The molecule has 1 aromatic carbocycles. The van der Waals surface area contributed by atoms with Gasteiger partial charge in [-0.15, -0.1) is 0 Å². The van der Waals surface area contributed by atoms with Crippen molar-refractivity contribution in [3.05, 3.63) is 18.2 Å². The first-order chi connectivity index (χ1) is 7.67. The number of nitrogen functional groups attached to an aromatic ring is 1. The molecule has 16 heavy (non-hydrogen) atoms. The molecule has 0 aliphatic carbocycles. The van der Waals surface area contributed by atoms with Crippen molar-refractivity contribution in [3.63, 3.8) is 0 Å². The van der Waals surface area contributed by atoms with Crippen LogP contribution in [0, 0.1) is 0 Å². The van der Waals surface area contributed by atoms with Crippen LogP contribution >= 0.6 is 0 Å². The summed E-state index contributed by atoms with van der Waals surface area (Å²) in [4.78, 5) is 11.3. The molecule has 5 heteroatoms. The molecule has 0 bridgehead atoms. The molecule has 0 saturated heterocycles. The molecule has 0 unspecified atom stereocenters. The Morgan fingerprint density at radius 2 is 2.25 bits per heavy atom. The van der Waals surface area contributed by atoms with E-state index in [0.29, 0.717) is 23.7 Å². The Bertz CT molecular complexity index is 366. The van der Waals surface area contributed by atoms with Crippen molar-refractivity contribution in [2.75, 3.05) is 24.7 Å². The van der Waals surface area contributed by atoms with Gasteiger partial charge >= 0.3 is 6.03 Å². The van der Waals surface area contributed by atoms with Crippen LogP contribution in [0.5, 0.6) is 5.75 Å². The molecular formula is C11H17N3O2. The summed E-state index contributed by atoms with van der Waals surface area (Å²) in [7, 11) is 1.55. The van der Waals surface area contributed by atoms with Gasteiger partial charge in [0.2, 0.25) is 0 Å². The molecule has 0 radical (unpaired) electrons. The van der Waals surface area contributed by atoms with Gasteiger partial charge in [0, 0.05) is 12.2 Å². The maximum absolute atomic E-state index is 11.3. The summed E-state index contributed by atoms with van der Waals surface area (Å²) in [6, 6.07) is 4.88. The van der Waals surface area contributed by atoms with E-state index in [-0.39, 0.29) is 6.03 Å². The summed E-state index contributed by atoms with van der Waals surface area (Å²) in [5.74, 6) is 0.597. The van der Waals surface area contributed by atoms with Gasteiger partial charge in [-0.25, -0.2) is 4.79 Å². The molecule has 0 heterocycles. The van der Waals surface area contributed by atoms with E-state index in [0.717, 1.165) is 6.42 Å². The minimum Gasteiger partial charge on any atom is -0.495 e. The molecule has 5 nitrogen and oxygen atoms in total. The van der Waals surface area contributed by atoms with Gasteiger partial charge in [0.05, 0.1) is 12.8 Å². The smallest absolute Gasteiger partial charge is 0.319 e. The largest absolute Gasteiger partial charge is 0.495 e. The minimum atomic E-state index is -0.230. The fourth-order valence-electron chi connectivity index (χ4n) is 1.23. The first kappa shape index (κ1) is 12.2. The topological polar surface area (TPSA) is 76.4 Å². The molecular weight excluding hydrogens is 206 g/mol. The number of hydrogen-bond donors (Lipinski definition) is 3. The maximum atomic E-state index is 11.3. The van der Waals surface area contributed by atoms with Crippen LogP contribution < -0.4 is 21.1 Å². The lowest BCUT2D eigenvalue weighted by Crippen LogP contribution is -2.29. The van der Waals surface area contributed by atoms with Gasteiger partial charge in [-0.1, -0.05) is 6.92 Å². The Labute approximate surface area is 95.0 Å². The molecule has 0 saturated carbocycles. The summed E-state index contributed by atoms with van der Waals surface area (Å²) >= 11 is 0. The number of carbonyl (C=O) groups excluding carboxylic acids is 1. The summed E-state index contributed by atoms with van der Waals surface area (Å²) in [6.45, 7) is 2.64. The van der Waals surface area contributed by atoms with Crippen LogP contribution in [0.15, 0.2) is 18.2 Å². The molecule has 4 N–H and O–H groups in total. The molecule has 0 atom stereocenters. The standard InChI is InChI=1S/C11H17N3O2/c1-3-6-13-11(15)14-8-4-5-10(16-2)9(12)7-8/h4-5,7H,3,6,12H2,1-2H3,(H2,13,14,15). The highest BCUT2D eigenvalue weighted by molar-refractivity contribution is 5.90. The number of benzene rings is 1. The monoisotopic (exact) mass is 223 g/mol. The number of anilines is 2. The van der Waals surface area contributed by atoms with Crippen molar-refractivity contribution in [2.45, 2.75) is 13.3 Å². The number of urea groups is 1. The van der Waals surface area contributed by atoms with Crippen LogP contribution in [0.2, 0.25) is 0 Å². The van der Waals surface area contributed by atoms with Crippen LogP contribution in [-0.4, -0.2) is 19.7 Å². The third-order valence-corrected chi connectivity index (χ3v) is 2.02. The quantitative estimate of drug-likeness (QED) is 0.681. The highest BCUT2D eigenvalue weighted by atomic mass is 16.5. The molecule has 0 fully saturated rings. The predicted octanol–water partition coefficient (Wildman–Crippen LogP) is 1.81. The molecule has 1 rings (SSSR count). The van der Waals surface area contributed by atoms with Crippen LogP contribution in [-0.2, 0) is 0 Å². The molecule has 0 aromatic heterocycles. The van der Waals surface area contributed by atoms with E-state index in [9.17, 15) is 4.79 Å². The van der Waals surface area contributed by atoms with Crippen molar-refractivity contribution in [2.24, 2.45) is 0 Å². The highest BCUT2D eigenvalue weighted by Crippen LogP contribution is 2.24. The van der Waals surface area contributed by atoms with Crippen molar-refractivity contribution >= 4 is 17.4 Å². The lowest BCUT2D eigenvalue weighted by molar-refractivity contribution is 0.252. The summed E-state index contributed by atoms with van der Waals surface area (Å²) in [6.07, 6.45) is 0.901. The van der Waals surface area contributed by atoms with Gasteiger partial charge in [0.15, 0.2) is 0 Å². The third kappa shape index (κ3) is 3.34. The second-order valence-electron chi connectivity index (χ2n) is 3.34. The summed E-state index contributed by atoms with van der Waals surface area (Å²) in [5.41, 5.74) is 6.85. The van der Waals surface area contributed by atoms with Crippen molar-refractivity contribution < 1.29 is 9.53 Å². The van der Waals surface area contributed by atoms with Gasteiger partial charge in [0.25, 0.3) is 0 Å². The second-order valence-corrected chi connectivity index (χ2v) is 3.34. The lowest BCUT2D eigenvalue weighted by atomic mass is 10.2. The van der Waals surface area contributed by atoms with E-state index in [4.69, 9.17) is 10.5 Å². The minimum absolute atomic E-state index is 0.230. The highest BCUT2D eigenvalue weighted by Gasteiger charge is 2.03. The summed E-state index contributed by atoms with van der Waals surface area (Å²) < 4.78 is 5.02. The average Bonchev–Trinajstić information content (AvgIpc) is 2.26. The third-order valence-electron chi connectivity index (χ3n) is 2.02. The van der Waals surface area contributed by atoms with Gasteiger partial charge in [0.1, 0.15) is 5.75 Å². The molecule has 1 aromatic rings. The number of amides is 2. The normalized spacial score (nSPS) is 9.62. The Hall–Kier alpha value is -1.91.